The fourth-order valence-corrected chi connectivity index (χ4v) is 2.84. The van der Waals surface area contributed by atoms with Gasteiger partial charge in [-0.3, -0.25) is 9.36 Å². The van der Waals surface area contributed by atoms with Gasteiger partial charge < -0.3 is 9.84 Å². The molecule has 1 N–H and O–H groups in total. The summed E-state index contributed by atoms with van der Waals surface area (Å²) in [6, 6.07) is 13.2. The molecule has 26 heavy (non-hydrogen) atoms. The van der Waals surface area contributed by atoms with Crippen molar-refractivity contribution >= 4 is 10.9 Å². The predicted molar refractivity (Wildman–Crippen MR) is 103 cm³/mol. The lowest BCUT2D eigenvalue weighted by atomic mass is 10.1. The number of rotatable bonds is 7. The summed E-state index contributed by atoms with van der Waals surface area (Å²) in [6.07, 6.45) is 3.14. The summed E-state index contributed by atoms with van der Waals surface area (Å²) in [5, 5.41) is 10.9. The SMILES string of the molecule is C=CCc1ccccc1OCC(O)Cn1cnc2ccc(C)cc2c1=O. The van der Waals surface area contributed by atoms with Crippen molar-refractivity contribution in [1.82, 2.24) is 9.55 Å². The smallest absolute Gasteiger partial charge is 0.261 e. The van der Waals surface area contributed by atoms with E-state index in [2.05, 4.69) is 11.6 Å². The van der Waals surface area contributed by atoms with Crippen molar-refractivity contribution in [2.75, 3.05) is 6.61 Å². The first-order valence-electron chi connectivity index (χ1n) is 8.54. The molecule has 0 spiro atoms. The van der Waals surface area contributed by atoms with Gasteiger partial charge in [0.25, 0.3) is 5.56 Å². The fourth-order valence-electron chi connectivity index (χ4n) is 2.84. The lowest BCUT2D eigenvalue weighted by molar-refractivity contribution is 0.0911. The summed E-state index contributed by atoms with van der Waals surface area (Å²) in [6.45, 7) is 5.88. The van der Waals surface area contributed by atoms with Crippen LogP contribution < -0.4 is 10.3 Å². The minimum Gasteiger partial charge on any atom is -0.491 e. The molecule has 0 radical (unpaired) electrons. The highest BCUT2D eigenvalue weighted by Crippen LogP contribution is 2.19. The van der Waals surface area contributed by atoms with E-state index in [1.54, 1.807) is 6.08 Å². The van der Waals surface area contributed by atoms with E-state index < -0.39 is 6.10 Å². The van der Waals surface area contributed by atoms with Crippen molar-refractivity contribution in [1.29, 1.82) is 0 Å². The molecule has 0 saturated carbocycles. The Hall–Kier alpha value is -2.92. The maximum absolute atomic E-state index is 12.6. The largest absolute Gasteiger partial charge is 0.491 e. The molecule has 0 aliphatic heterocycles. The normalized spacial score (nSPS) is 12.1. The number of ether oxygens (including phenoxy) is 1. The van der Waals surface area contributed by atoms with Gasteiger partial charge in [0.05, 0.1) is 23.8 Å². The van der Waals surface area contributed by atoms with Crippen LogP contribution in [-0.2, 0) is 13.0 Å². The van der Waals surface area contributed by atoms with E-state index in [1.807, 2.05) is 49.4 Å². The molecule has 1 aromatic heterocycles. The Morgan fingerprint density at radius 3 is 2.92 bits per heavy atom. The monoisotopic (exact) mass is 350 g/mol. The molecule has 5 nitrogen and oxygen atoms in total. The molecule has 0 bridgehead atoms. The lowest BCUT2D eigenvalue weighted by Crippen LogP contribution is -2.30. The summed E-state index contributed by atoms with van der Waals surface area (Å²) in [7, 11) is 0. The molecule has 3 rings (SSSR count). The van der Waals surface area contributed by atoms with Crippen LogP contribution in [-0.4, -0.2) is 27.4 Å². The number of nitrogens with zero attached hydrogens (tertiary/aromatic N) is 2. The van der Waals surface area contributed by atoms with E-state index >= 15 is 0 Å². The summed E-state index contributed by atoms with van der Waals surface area (Å²) in [5.74, 6) is 0.714. The van der Waals surface area contributed by atoms with Crippen molar-refractivity contribution in [3.05, 3.63) is 82.9 Å². The van der Waals surface area contributed by atoms with Gasteiger partial charge in [0.1, 0.15) is 18.5 Å². The Bertz CT molecular complexity index is 978. The van der Waals surface area contributed by atoms with E-state index in [1.165, 1.54) is 10.9 Å². The number of para-hydroxylation sites is 1. The number of hydrogen-bond donors (Lipinski definition) is 1. The molecule has 5 heteroatoms. The second-order valence-corrected chi connectivity index (χ2v) is 6.29. The summed E-state index contributed by atoms with van der Waals surface area (Å²) in [5.41, 5.74) is 2.50. The van der Waals surface area contributed by atoms with Crippen LogP contribution in [0, 0.1) is 6.92 Å². The molecule has 0 aliphatic rings. The zero-order valence-corrected chi connectivity index (χ0v) is 14.8. The minimum absolute atomic E-state index is 0.0897. The van der Waals surface area contributed by atoms with Crippen LogP contribution >= 0.6 is 0 Å². The highest BCUT2D eigenvalue weighted by Gasteiger charge is 2.11. The summed E-state index contributed by atoms with van der Waals surface area (Å²) in [4.78, 5) is 16.9. The molecule has 3 aromatic rings. The number of aromatic nitrogens is 2. The van der Waals surface area contributed by atoms with Crippen molar-refractivity contribution in [2.45, 2.75) is 26.0 Å². The Morgan fingerprint density at radius 1 is 1.31 bits per heavy atom. The number of benzene rings is 2. The highest BCUT2D eigenvalue weighted by molar-refractivity contribution is 5.77. The van der Waals surface area contributed by atoms with Crippen molar-refractivity contribution in [3.63, 3.8) is 0 Å². The molecule has 0 aliphatic carbocycles. The van der Waals surface area contributed by atoms with Gasteiger partial charge in [0.15, 0.2) is 0 Å². The van der Waals surface area contributed by atoms with Crippen molar-refractivity contribution < 1.29 is 9.84 Å². The highest BCUT2D eigenvalue weighted by atomic mass is 16.5. The average Bonchev–Trinajstić information content (AvgIpc) is 2.64. The van der Waals surface area contributed by atoms with E-state index in [0.717, 1.165) is 11.1 Å². The number of hydrogen-bond acceptors (Lipinski definition) is 4. The second-order valence-electron chi connectivity index (χ2n) is 6.29. The van der Waals surface area contributed by atoms with Crippen LogP contribution in [0.25, 0.3) is 10.9 Å². The van der Waals surface area contributed by atoms with Crippen LogP contribution in [0.5, 0.6) is 5.75 Å². The van der Waals surface area contributed by atoms with Gasteiger partial charge >= 0.3 is 0 Å². The quantitative estimate of drug-likeness (QED) is 0.666. The van der Waals surface area contributed by atoms with Gasteiger partial charge in [-0.1, -0.05) is 35.9 Å². The van der Waals surface area contributed by atoms with Crippen LogP contribution in [0.2, 0.25) is 0 Å². The van der Waals surface area contributed by atoms with E-state index in [9.17, 15) is 9.90 Å². The molecule has 1 atom stereocenters. The van der Waals surface area contributed by atoms with Crippen molar-refractivity contribution in [2.24, 2.45) is 0 Å². The van der Waals surface area contributed by atoms with Crippen LogP contribution in [0.4, 0.5) is 0 Å². The topological polar surface area (TPSA) is 64.3 Å². The van der Waals surface area contributed by atoms with Crippen LogP contribution in [0.15, 0.2) is 66.2 Å². The summed E-state index contributed by atoms with van der Waals surface area (Å²) < 4.78 is 7.16. The van der Waals surface area contributed by atoms with E-state index in [-0.39, 0.29) is 18.7 Å². The standard InChI is InChI=1S/C21H22N2O3/c1-3-6-16-7-4-5-8-20(16)26-13-17(24)12-23-14-22-19-10-9-15(2)11-18(19)21(23)25/h3-5,7-11,14,17,24H,1,6,12-13H2,2H3. The average molecular weight is 350 g/mol. The third kappa shape index (κ3) is 4.00. The first-order chi connectivity index (χ1) is 12.6. The van der Waals surface area contributed by atoms with E-state index in [4.69, 9.17) is 4.74 Å². The minimum atomic E-state index is -0.825. The second kappa shape index (κ2) is 7.97. The van der Waals surface area contributed by atoms with Crippen LogP contribution in [0.3, 0.4) is 0 Å². The van der Waals surface area contributed by atoms with Gasteiger partial charge in [-0.2, -0.15) is 0 Å². The zero-order valence-electron chi connectivity index (χ0n) is 14.8. The lowest BCUT2D eigenvalue weighted by Gasteiger charge is -2.15. The Morgan fingerprint density at radius 2 is 2.12 bits per heavy atom. The fraction of sp³-hybridized carbons (Fsp3) is 0.238. The molecular weight excluding hydrogens is 328 g/mol. The molecule has 134 valence electrons. The number of fused-ring (bicyclic) bond motifs is 1. The number of aryl methyl sites for hydroxylation is 1. The maximum Gasteiger partial charge on any atom is 0.261 e. The number of aliphatic hydroxyl groups is 1. The first-order valence-corrected chi connectivity index (χ1v) is 8.54. The predicted octanol–water partition coefficient (Wildman–Crippen LogP) is 2.87. The molecular formula is C21H22N2O3. The third-order valence-corrected chi connectivity index (χ3v) is 4.16. The third-order valence-electron chi connectivity index (χ3n) is 4.16. The summed E-state index contributed by atoms with van der Waals surface area (Å²) >= 11 is 0. The number of allylic oxidation sites excluding steroid dienone is 1. The molecule has 1 heterocycles. The first kappa shape index (κ1) is 17.9. The molecule has 0 saturated heterocycles. The molecule has 2 aromatic carbocycles. The van der Waals surface area contributed by atoms with Crippen molar-refractivity contribution in [3.8, 4) is 5.75 Å². The van der Waals surface area contributed by atoms with Gasteiger partial charge in [0.2, 0.25) is 0 Å². The van der Waals surface area contributed by atoms with Gasteiger partial charge in [-0.25, -0.2) is 4.98 Å². The Kier molecular flexibility index (Phi) is 5.49. The Labute approximate surface area is 152 Å². The zero-order chi connectivity index (χ0) is 18.5. The molecule has 0 amide bonds. The number of aliphatic hydroxyl groups excluding tert-OH is 1. The molecule has 0 fully saturated rings. The maximum atomic E-state index is 12.6. The molecule has 1 unspecified atom stereocenters. The van der Waals surface area contributed by atoms with Gasteiger partial charge in [-0.05, 0) is 37.1 Å². The van der Waals surface area contributed by atoms with Gasteiger partial charge in [-0.15, -0.1) is 6.58 Å². The van der Waals surface area contributed by atoms with Crippen LogP contribution in [0.1, 0.15) is 11.1 Å². The van der Waals surface area contributed by atoms with E-state index in [0.29, 0.717) is 23.1 Å². The van der Waals surface area contributed by atoms with Gasteiger partial charge in [0, 0.05) is 0 Å². The Balaban J connectivity index is 1.72.